The molecule has 8 nitrogen and oxygen atoms in total. The summed E-state index contributed by atoms with van der Waals surface area (Å²) in [6.07, 6.45) is 7.81. The average Bonchev–Trinajstić information content (AvgIpc) is 3.30. The van der Waals surface area contributed by atoms with Gasteiger partial charge in [0.05, 0.1) is 10.5 Å². The summed E-state index contributed by atoms with van der Waals surface area (Å²) < 4.78 is 1.70. The van der Waals surface area contributed by atoms with Gasteiger partial charge in [-0.25, -0.2) is 9.97 Å². The summed E-state index contributed by atoms with van der Waals surface area (Å²) in [5, 5.41) is 19.0. The molecule has 0 saturated carbocycles. The van der Waals surface area contributed by atoms with Gasteiger partial charge in [0.15, 0.2) is 11.5 Å². The molecule has 0 bridgehead atoms. The molecule has 0 spiro atoms. The molecule has 4 aromatic heterocycles. The molecule has 0 unspecified atom stereocenters. The number of benzene rings is 1. The zero-order valence-corrected chi connectivity index (χ0v) is 19.0. The highest BCUT2D eigenvalue weighted by atomic mass is 35.5. The fourth-order valence-corrected chi connectivity index (χ4v) is 3.99. The maximum Gasteiger partial charge on any atom is 0.183 e. The first-order valence-electron chi connectivity index (χ1n) is 10.6. The van der Waals surface area contributed by atoms with E-state index in [2.05, 4.69) is 26.5 Å². The van der Waals surface area contributed by atoms with Crippen molar-refractivity contribution in [3.05, 3.63) is 83.5 Å². The van der Waals surface area contributed by atoms with Crippen molar-refractivity contribution in [2.45, 2.75) is 6.42 Å². The number of pyridine rings is 2. The molecule has 1 aromatic carbocycles. The Morgan fingerprint density at radius 1 is 1.06 bits per heavy atom. The Labute approximate surface area is 200 Å². The average molecular weight is 467 g/mol. The second kappa shape index (κ2) is 9.25. The van der Waals surface area contributed by atoms with Crippen LogP contribution in [0, 0.1) is 11.3 Å². The van der Waals surface area contributed by atoms with Gasteiger partial charge in [0, 0.05) is 49.3 Å². The van der Waals surface area contributed by atoms with Crippen molar-refractivity contribution in [3.63, 3.8) is 0 Å². The molecule has 34 heavy (non-hydrogen) atoms. The van der Waals surface area contributed by atoms with Crippen molar-refractivity contribution >= 4 is 28.3 Å². The molecule has 0 radical (unpaired) electrons. The third kappa shape index (κ3) is 4.29. The van der Waals surface area contributed by atoms with Crippen molar-refractivity contribution in [3.8, 4) is 28.7 Å². The molecular formula is C25H19ClN8. The summed E-state index contributed by atoms with van der Waals surface area (Å²) in [4.78, 5) is 17.9. The maximum atomic E-state index is 9.84. The van der Waals surface area contributed by atoms with Crippen molar-refractivity contribution in [1.82, 2.24) is 29.7 Å². The fourth-order valence-electron chi connectivity index (χ4n) is 3.72. The van der Waals surface area contributed by atoms with E-state index in [1.54, 1.807) is 29.3 Å². The summed E-state index contributed by atoms with van der Waals surface area (Å²) in [6.45, 7) is 0.585. The number of fused-ring (bicyclic) bond motifs is 1. The van der Waals surface area contributed by atoms with E-state index in [4.69, 9.17) is 21.6 Å². The van der Waals surface area contributed by atoms with E-state index in [-0.39, 0.29) is 5.69 Å². The zero-order chi connectivity index (χ0) is 23.5. The molecule has 0 saturated heterocycles. The molecule has 5 aromatic rings. The van der Waals surface area contributed by atoms with Crippen LogP contribution in [0.2, 0.25) is 5.02 Å². The largest absolute Gasteiger partial charge is 0.367 e. The zero-order valence-electron chi connectivity index (χ0n) is 18.3. The van der Waals surface area contributed by atoms with Gasteiger partial charge in [0.2, 0.25) is 0 Å². The van der Waals surface area contributed by atoms with Crippen molar-refractivity contribution in [2.24, 2.45) is 7.05 Å². The molecule has 5 rings (SSSR count). The molecule has 1 N–H and O–H groups in total. The van der Waals surface area contributed by atoms with E-state index in [0.717, 1.165) is 22.9 Å². The summed E-state index contributed by atoms with van der Waals surface area (Å²) in [7, 11) is 1.84. The van der Waals surface area contributed by atoms with Gasteiger partial charge in [0.25, 0.3) is 0 Å². The van der Waals surface area contributed by atoms with E-state index in [0.29, 0.717) is 40.0 Å². The van der Waals surface area contributed by atoms with Crippen LogP contribution in [0.15, 0.2) is 67.3 Å². The number of aryl methyl sites for hydroxylation is 1. The van der Waals surface area contributed by atoms with Gasteiger partial charge in [-0.2, -0.15) is 10.4 Å². The normalized spacial score (nSPS) is 10.9. The third-order valence-electron chi connectivity index (χ3n) is 5.35. The first-order valence-corrected chi connectivity index (χ1v) is 11.0. The Bertz CT molecular complexity index is 1520. The van der Waals surface area contributed by atoms with Crippen molar-refractivity contribution in [2.75, 3.05) is 11.9 Å². The van der Waals surface area contributed by atoms with E-state index >= 15 is 0 Å². The number of anilines is 1. The molecule has 166 valence electrons. The summed E-state index contributed by atoms with van der Waals surface area (Å²) in [6, 6.07) is 15.5. The minimum absolute atomic E-state index is 0.201. The minimum atomic E-state index is 0.201. The first-order chi connectivity index (χ1) is 16.6. The number of nitriles is 1. The number of hydrogen-bond donors (Lipinski definition) is 1. The number of aromatic nitrogens is 6. The number of nitrogens with zero attached hydrogens (tertiary/aromatic N) is 7. The van der Waals surface area contributed by atoms with Crippen LogP contribution in [-0.4, -0.2) is 36.3 Å². The maximum absolute atomic E-state index is 9.84. The fraction of sp³-hybridized carbons (Fsp3) is 0.120. The van der Waals surface area contributed by atoms with Crippen LogP contribution in [0.4, 0.5) is 5.82 Å². The highest BCUT2D eigenvalue weighted by molar-refractivity contribution is 6.35. The van der Waals surface area contributed by atoms with Crippen LogP contribution in [-0.2, 0) is 13.5 Å². The highest BCUT2D eigenvalue weighted by Gasteiger charge is 2.19. The topological polar surface area (TPSA) is 105 Å². The van der Waals surface area contributed by atoms with Gasteiger partial charge in [-0.1, -0.05) is 17.7 Å². The summed E-state index contributed by atoms with van der Waals surface area (Å²) >= 11 is 6.53. The lowest BCUT2D eigenvalue weighted by molar-refractivity contribution is 0.770. The Kier molecular flexibility index (Phi) is 5.85. The first kappa shape index (κ1) is 21.5. The van der Waals surface area contributed by atoms with Gasteiger partial charge in [-0.15, -0.1) is 0 Å². The van der Waals surface area contributed by atoms with Crippen LogP contribution < -0.4 is 5.32 Å². The molecule has 0 aliphatic rings. The number of nitrogens with one attached hydrogen (secondary N) is 1. The predicted molar refractivity (Wildman–Crippen MR) is 131 cm³/mol. The van der Waals surface area contributed by atoms with Gasteiger partial charge < -0.3 is 5.32 Å². The third-order valence-corrected chi connectivity index (χ3v) is 5.63. The lowest BCUT2D eigenvalue weighted by Gasteiger charge is -2.13. The number of hydrogen-bond acceptors (Lipinski definition) is 7. The number of halogens is 1. The Morgan fingerprint density at radius 2 is 1.91 bits per heavy atom. The molecule has 0 amide bonds. The van der Waals surface area contributed by atoms with Gasteiger partial charge in [0.1, 0.15) is 23.2 Å². The van der Waals surface area contributed by atoms with Gasteiger partial charge >= 0.3 is 0 Å². The van der Waals surface area contributed by atoms with Gasteiger partial charge in [-0.3, -0.25) is 14.6 Å². The van der Waals surface area contributed by atoms with E-state index in [9.17, 15) is 5.26 Å². The lowest BCUT2D eigenvalue weighted by atomic mass is 10.0. The molecule has 0 atom stereocenters. The van der Waals surface area contributed by atoms with Crippen LogP contribution in [0.1, 0.15) is 11.3 Å². The number of rotatable bonds is 6. The smallest absolute Gasteiger partial charge is 0.183 e. The van der Waals surface area contributed by atoms with Crippen molar-refractivity contribution in [1.29, 1.82) is 5.26 Å². The minimum Gasteiger partial charge on any atom is -0.367 e. The van der Waals surface area contributed by atoms with Crippen LogP contribution in [0.5, 0.6) is 0 Å². The molecule has 9 heteroatoms. The summed E-state index contributed by atoms with van der Waals surface area (Å²) in [5.41, 5.74) is 4.51. The lowest BCUT2D eigenvalue weighted by Crippen LogP contribution is -2.11. The van der Waals surface area contributed by atoms with Crippen LogP contribution in [0.25, 0.3) is 33.5 Å². The standard InChI is InChI=1S/C25H19ClN8/c1-34-12-7-20(33-34)24-23(18-13-17-3-2-8-29-22(17)19(26)14-18)31-21(15-27)25(32-24)30-11-6-16-4-9-28-10-5-16/h2-5,7-10,12-14H,6,11H2,1H3,(H,30,32). The quantitative estimate of drug-likeness (QED) is 0.387. The Balaban J connectivity index is 1.59. The predicted octanol–water partition coefficient (Wildman–Crippen LogP) is 4.67. The molecule has 4 heterocycles. The van der Waals surface area contributed by atoms with E-state index in [1.807, 2.05) is 49.6 Å². The molecule has 0 aliphatic carbocycles. The van der Waals surface area contributed by atoms with Crippen LogP contribution >= 0.6 is 11.6 Å². The molecule has 0 fully saturated rings. The Hall–Kier alpha value is -4.35. The van der Waals surface area contributed by atoms with Crippen molar-refractivity contribution < 1.29 is 0 Å². The highest BCUT2D eigenvalue weighted by Crippen LogP contribution is 2.34. The molecular weight excluding hydrogens is 448 g/mol. The van der Waals surface area contributed by atoms with E-state index in [1.165, 1.54) is 0 Å². The molecule has 0 aliphatic heterocycles. The second-order valence-electron chi connectivity index (χ2n) is 7.67. The second-order valence-corrected chi connectivity index (χ2v) is 8.08. The Morgan fingerprint density at radius 3 is 2.68 bits per heavy atom. The van der Waals surface area contributed by atoms with Gasteiger partial charge in [-0.05, 0) is 48.4 Å². The van der Waals surface area contributed by atoms with Crippen LogP contribution in [0.3, 0.4) is 0 Å². The monoisotopic (exact) mass is 466 g/mol. The summed E-state index contributed by atoms with van der Waals surface area (Å²) in [5.74, 6) is 0.412. The van der Waals surface area contributed by atoms with E-state index < -0.39 is 0 Å². The SMILES string of the molecule is Cn1ccc(-c2nc(NCCc3ccncc3)c(C#N)nc2-c2cc(Cl)c3ncccc3c2)n1.